The molecule has 4 nitrogen and oxygen atoms in total. The average Bonchev–Trinajstić information content (AvgIpc) is 2.32. The van der Waals surface area contributed by atoms with Gasteiger partial charge in [0.25, 0.3) is 0 Å². The van der Waals surface area contributed by atoms with Crippen LogP contribution in [0.2, 0.25) is 0 Å². The van der Waals surface area contributed by atoms with E-state index in [1.165, 1.54) is 0 Å². The molecule has 0 aromatic rings. The highest BCUT2D eigenvalue weighted by Gasteiger charge is 2.76. The molecule has 0 fully saturated rings. The second-order valence-corrected chi connectivity index (χ2v) is 4.68. The predicted octanol–water partition coefficient (Wildman–Crippen LogP) is 3.20. The predicted molar refractivity (Wildman–Crippen MR) is 54.2 cm³/mol. The van der Waals surface area contributed by atoms with Gasteiger partial charge in [0.2, 0.25) is 0 Å². The van der Waals surface area contributed by atoms with Crippen molar-refractivity contribution in [2.75, 3.05) is 13.2 Å². The Balaban J connectivity index is 5.38. The maximum Gasteiger partial charge on any atom is 0.481 e. The number of hydrogen-bond donors (Lipinski definition) is 0. The molecule has 0 amide bonds. The molecular formula is C9H6F7O4P. The molecule has 0 spiro atoms. The van der Waals surface area contributed by atoms with Gasteiger partial charge in [0.15, 0.2) is 0 Å². The highest BCUT2D eigenvalue weighted by atomic mass is 31.2. The quantitative estimate of drug-likeness (QED) is 0.405. The largest absolute Gasteiger partial charge is 0.481 e. The minimum absolute atomic E-state index is 1.03. The number of alkyl halides is 7. The summed E-state index contributed by atoms with van der Waals surface area (Å²) in [6.07, 6.45) is -3.69. The van der Waals surface area contributed by atoms with Gasteiger partial charge in [0, 0.05) is 0 Å². The van der Waals surface area contributed by atoms with Crippen molar-refractivity contribution in [3.05, 3.63) is 0 Å². The Hall–Kier alpha value is -1.26. The zero-order valence-electron chi connectivity index (χ0n) is 9.79. The fraction of sp³-hybridized carbons (Fsp3) is 0.556. The van der Waals surface area contributed by atoms with Gasteiger partial charge in [-0.05, 0) is 0 Å². The normalized spacial score (nSPS) is 13.6. The van der Waals surface area contributed by atoms with E-state index in [1.54, 1.807) is 11.8 Å². The molecular weight excluding hydrogens is 336 g/mol. The molecule has 120 valence electrons. The molecule has 0 aromatic carbocycles. The molecule has 0 aliphatic carbocycles. The molecule has 0 aliphatic heterocycles. The summed E-state index contributed by atoms with van der Waals surface area (Å²) in [6, 6.07) is 0. The molecule has 0 radical (unpaired) electrons. The van der Waals surface area contributed by atoms with Gasteiger partial charge in [0.1, 0.15) is 13.2 Å². The zero-order chi connectivity index (χ0) is 16.9. The van der Waals surface area contributed by atoms with Crippen LogP contribution in [0.1, 0.15) is 0 Å². The van der Waals surface area contributed by atoms with E-state index in [0.717, 1.165) is 0 Å². The van der Waals surface area contributed by atoms with E-state index in [9.17, 15) is 35.3 Å². The zero-order valence-corrected chi connectivity index (χ0v) is 10.7. The summed E-state index contributed by atoms with van der Waals surface area (Å²) in [5.41, 5.74) is 0. The van der Waals surface area contributed by atoms with E-state index < -0.39 is 39.2 Å². The second kappa shape index (κ2) is 6.67. The van der Waals surface area contributed by atoms with Crippen LogP contribution in [-0.2, 0) is 18.1 Å². The smallest absolute Gasteiger partial charge is 0.274 e. The van der Waals surface area contributed by atoms with Crippen LogP contribution in [0.5, 0.6) is 0 Å². The van der Waals surface area contributed by atoms with Gasteiger partial charge in [-0.25, -0.2) is 9.09 Å². The molecule has 0 heterocycles. The molecule has 0 aromatic heterocycles. The molecule has 0 atom stereocenters. The maximum atomic E-state index is 12.9. The Morgan fingerprint density at radius 3 is 1.57 bits per heavy atom. The third-order valence-electron chi connectivity index (χ3n) is 1.56. The summed E-state index contributed by atoms with van der Waals surface area (Å²) < 4.78 is 109. The highest BCUT2D eigenvalue weighted by Crippen LogP contribution is 2.58. The summed E-state index contributed by atoms with van der Waals surface area (Å²) in [4.78, 5) is 0. The number of phosphoric acid groups is 1. The molecule has 0 bridgehead atoms. The fourth-order valence-electron chi connectivity index (χ4n) is 0.685. The lowest BCUT2D eigenvalue weighted by molar-refractivity contribution is -0.405. The van der Waals surface area contributed by atoms with Gasteiger partial charge in [-0.2, -0.15) is 30.7 Å². The highest BCUT2D eigenvalue weighted by molar-refractivity contribution is 7.48. The van der Waals surface area contributed by atoms with Crippen molar-refractivity contribution in [3.63, 3.8) is 0 Å². The topological polar surface area (TPSA) is 44.8 Å². The van der Waals surface area contributed by atoms with Crippen LogP contribution in [0.15, 0.2) is 0 Å². The van der Waals surface area contributed by atoms with Crippen molar-refractivity contribution in [2.24, 2.45) is 0 Å². The van der Waals surface area contributed by atoms with Gasteiger partial charge < -0.3 is 0 Å². The van der Waals surface area contributed by atoms with Gasteiger partial charge in [-0.1, -0.05) is 11.8 Å². The van der Waals surface area contributed by atoms with E-state index in [-0.39, 0.29) is 0 Å². The van der Waals surface area contributed by atoms with Crippen LogP contribution < -0.4 is 0 Å². The first-order valence-corrected chi connectivity index (χ1v) is 6.08. The van der Waals surface area contributed by atoms with E-state index in [2.05, 4.69) is 26.4 Å². The third-order valence-corrected chi connectivity index (χ3v) is 2.90. The van der Waals surface area contributed by atoms with E-state index in [4.69, 9.17) is 0 Å². The van der Waals surface area contributed by atoms with Crippen LogP contribution in [0, 0.1) is 24.7 Å². The van der Waals surface area contributed by atoms with Gasteiger partial charge in [0.05, 0.1) is 0 Å². The number of hydrogen-bond acceptors (Lipinski definition) is 4. The molecule has 12 heteroatoms. The summed E-state index contributed by atoms with van der Waals surface area (Å²) in [5, 5.41) is 0. The summed E-state index contributed by atoms with van der Waals surface area (Å²) >= 11 is 0. The van der Waals surface area contributed by atoms with E-state index in [0.29, 0.717) is 0 Å². The van der Waals surface area contributed by atoms with E-state index in [1.807, 2.05) is 0 Å². The Morgan fingerprint density at radius 1 is 0.905 bits per heavy atom. The van der Waals surface area contributed by atoms with Crippen LogP contribution in [0.25, 0.3) is 0 Å². The van der Waals surface area contributed by atoms with Crippen molar-refractivity contribution in [2.45, 2.75) is 18.2 Å². The molecule has 0 saturated carbocycles. The SMILES string of the molecule is C#CCOP(=O)(OCC#C)OC(F)(F)C(F)(F)C(F)(F)F. The lowest BCUT2D eigenvalue weighted by Gasteiger charge is -2.29. The monoisotopic (exact) mass is 342 g/mol. The van der Waals surface area contributed by atoms with Gasteiger partial charge in [-0.3, -0.25) is 9.05 Å². The van der Waals surface area contributed by atoms with Crippen molar-refractivity contribution >= 4 is 7.82 Å². The number of halogens is 7. The Bertz CT molecular complexity index is 466. The van der Waals surface area contributed by atoms with Crippen LogP contribution in [0.4, 0.5) is 30.7 Å². The molecule has 0 N–H and O–H groups in total. The van der Waals surface area contributed by atoms with Crippen molar-refractivity contribution in [1.82, 2.24) is 0 Å². The Kier molecular flexibility index (Phi) is 6.27. The van der Waals surface area contributed by atoms with Crippen molar-refractivity contribution in [1.29, 1.82) is 0 Å². The van der Waals surface area contributed by atoms with Crippen LogP contribution in [0.3, 0.4) is 0 Å². The van der Waals surface area contributed by atoms with Crippen molar-refractivity contribution < 1.29 is 48.9 Å². The number of phosphoric ester groups is 1. The molecule has 0 rings (SSSR count). The molecule has 21 heavy (non-hydrogen) atoms. The summed E-state index contributed by atoms with van der Waals surface area (Å²) in [5.74, 6) is -3.47. The van der Waals surface area contributed by atoms with Crippen molar-refractivity contribution in [3.8, 4) is 24.7 Å². The first-order chi connectivity index (χ1) is 9.33. The lowest BCUT2D eigenvalue weighted by Crippen LogP contribution is -2.53. The standard InChI is InChI=1S/C9H6F7O4P/c1-3-5-18-21(17,19-6-4-2)20-9(15,16)7(10,11)8(12,13)14/h1-2H,5-6H2. The summed E-state index contributed by atoms with van der Waals surface area (Å²) in [6.45, 7) is -2.06. The summed E-state index contributed by atoms with van der Waals surface area (Å²) in [7, 11) is -5.55. The Morgan fingerprint density at radius 2 is 1.29 bits per heavy atom. The maximum absolute atomic E-state index is 12.9. The first-order valence-electron chi connectivity index (χ1n) is 4.62. The molecule has 0 unspecified atom stereocenters. The number of terminal acetylenes is 2. The van der Waals surface area contributed by atoms with E-state index >= 15 is 0 Å². The van der Waals surface area contributed by atoms with Gasteiger partial charge >= 0.3 is 26.0 Å². The minimum Gasteiger partial charge on any atom is -0.274 e. The fourth-order valence-corrected chi connectivity index (χ4v) is 1.73. The number of rotatable bonds is 7. The Labute approximate surface area is 114 Å². The lowest BCUT2D eigenvalue weighted by atomic mass is 10.3. The first kappa shape index (κ1) is 19.7. The van der Waals surface area contributed by atoms with Gasteiger partial charge in [-0.15, -0.1) is 12.8 Å². The average molecular weight is 342 g/mol. The third kappa shape index (κ3) is 4.90. The minimum atomic E-state index is -6.68. The second-order valence-electron chi connectivity index (χ2n) is 3.08. The van der Waals surface area contributed by atoms with Crippen LogP contribution in [-0.4, -0.2) is 31.4 Å². The molecule has 0 saturated heterocycles. The van der Waals surface area contributed by atoms with Crippen LogP contribution >= 0.6 is 7.82 Å². The molecule has 0 aliphatic rings.